The quantitative estimate of drug-likeness (QED) is 0.662. The molecule has 0 saturated heterocycles. The first-order valence-electron chi connectivity index (χ1n) is 7.31. The van der Waals surface area contributed by atoms with Gasteiger partial charge >= 0.3 is 5.69 Å². The summed E-state index contributed by atoms with van der Waals surface area (Å²) in [6, 6.07) is 3.52. The normalized spacial score (nSPS) is 26.6. The zero-order valence-corrected chi connectivity index (χ0v) is 13.6. The lowest BCUT2D eigenvalue weighted by Crippen LogP contribution is -2.62. The molecule has 2 aliphatic carbocycles. The molecule has 1 spiro atoms. The van der Waals surface area contributed by atoms with Crippen molar-refractivity contribution in [3.63, 3.8) is 0 Å². The number of ether oxygens (including phenoxy) is 1. The number of nitro benzene ring substituents is 1. The van der Waals surface area contributed by atoms with Crippen molar-refractivity contribution in [2.75, 3.05) is 0 Å². The van der Waals surface area contributed by atoms with Gasteiger partial charge in [0.05, 0.1) is 4.92 Å². The minimum absolute atomic E-state index is 0.00794. The van der Waals surface area contributed by atoms with Gasteiger partial charge in [-0.05, 0) is 31.4 Å². The standard InChI is InChI=1S/C15H19BrN2O3/c1-9-6-10(16)7-11(18(19)20)14(9)21-13-8-12(17)15(13)4-2-3-5-15/h6-7,12-13H,2-5,8,17H2,1H3. The smallest absolute Gasteiger partial charge is 0.312 e. The van der Waals surface area contributed by atoms with Crippen LogP contribution in [0.2, 0.25) is 0 Å². The Balaban J connectivity index is 1.90. The number of nitrogens with zero attached hydrogens (tertiary/aromatic N) is 1. The SMILES string of the molecule is Cc1cc(Br)cc([N+](=O)[O-])c1OC1CC(N)C12CCCC2. The fraction of sp³-hybridized carbons (Fsp3) is 0.600. The Bertz CT molecular complexity index is 585. The third-order valence-corrected chi connectivity index (χ3v) is 5.52. The van der Waals surface area contributed by atoms with Crippen molar-refractivity contribution in [2.45, 2.75) is 51.2 Å². The summed E-state index contributed by atoms with van der Waals surface area (Å²) in [7, 11) is 0. The topological polar surface area (TPSA) is 78.4 Å². The van der Waals surface area contributed by atoms with Crippen molar-refractivity contribution in [3.05, 3.63) is 32.3 Å². The minimum atomic E-state index is -0.382. The molecule has 6 heteroatoms. The second-order valence-corrected chi connectivity index (χ2v) is 7.13. The highest BCUT2D eigenvalue weighted by Gasteiger charge is 2.56. The summed E-state index contributed by atoms with van der Waals surface area (Å²) in [6.45, 7) is 1.84. The number of hydrogen-bond acceptors (Lipinski definition) is 4. The maximum Gasteiger partial charge on any atom is 0.312 e. The van der Waals surface area contributed by atoms with Crippen LogP contribution in [-0.2, 0) is 0 Å². The number of halogens is 1. The molecule has 2 saturated carbocycles. The molecular formula is C15H19BrN2O3. The van der Waals surface area contributed by atoms with Crippen molar-refractivity contribution in [2.24, 2.45) is 11.1 Å². The Morgan fingerprint density at radius 3 is 2.67 bits per heavy atom. The molecule has 1 aromatic rings. The molecule has 2 fully saturated rings. The van der Waals surface area contributed by atoms with E-state index in [1.807, 2.05) is 13.0 Å². The monoisotopic (exact) mass is 354 g/mol. The van der Waals surface area contributed by atoms with Crippen LogP contribution < -0.4 is 10.5 Å². The number of nitro groups is 1. The molecule has 0 bridgehead atoms. The van der Waals surface area contributed by atoms with Crippen LogP contribution in [0.1, 0.15) is 37.7 Å². The average molecular weight is 355 g/mol. The van der Waals surface area contributed by atoms with Crippen LogP contribution in [0.15, 0.2) is 16.6 Å². The molecule has 3 rings (SSSR count). The van der Waals surface area contributed by atoms with E-state index in [1.54, 1.807) is 0 Å². The van der Waals surface area contributed by atoms with Gasteiger partial charge in [-0.25, -0.2) is 0 Å². The number of rotatable bonds is 3. The first kappa shape index (κ1) is 14.8. The van der Waals surface area contributed by atoms with E-state index < -0.39 is 0 Å². The van der Waals surface area contributed by atoms with Gasteiger partial charge in [0.2, 0.25) is 0 Å². The van der Waals surface area contributed by atoms with Crippen molar-refractivity contribution in [1.29, 1.82) is 0 Å². The summed E-state index contributed by atoms with van der Waals surface area (Å²) in [6.07, 6.45) is 5.29. The van der Waals surface area contributed by atoms with Crippen molar-refractivity contribution < 1.29 is 9.66 Å². The Morgan fingerprint density at radius 1 is 1.43 bits per heavy atom. The van der Waals surface area contributed by atoms with Gasteiger partial charge in [0.1, 0.15) is 6.10 Å². The first-order valence-corrected chi connectivity index (χ1v) is 8.10. The van der Waals surface area contributed by atoms with Crippen LogP contribution >= 0.6 is 15.9 Å². The molecule has 2 atom stereocenters. The summed E-state index contributed by atoms with van der Waals surface area (Å²) in [5.41, 5.74) is 7.04. The van der Waals surface area contributed by atoms with E-state index in [0.29, 0.717) is 10.2 Å². The summed E-state index contributed by atoms with van der Waals surface area (Å²) in [5.74, 6) is 0.395. The highest BCUT2D eigenvalue weighted by Crippen LogP contribution is 2.54. The van der Waals surface area contributed by atoms with E-state index in [-0.39, 0.29) is 28.2 Å². The van der Waals surface area contributed by atoms with Crippen LogP contribution in [0.5, 0.6) is 5.75 Å². The van der Waals surface area contributed by atoms with E-state index in [1.165, 1.54) is 18.9 Å². The van der Waals surface area contributed by atoms with E-state index in [4.69, 9.17) is 10.5 Å². The average Bonchev–Trinajstić information content (AvgIpc) is 2.92. The van der Waals surface area contributed by atoms with Gasteiger partial charge in [-0.1, -0.05) is 28.8 Å². The zero-order chi connectivity index (χ0) is 15.2. The largest absolute Gasteiger partial charge is 0.483 e. The second-order valence-electron chi connectivity index (χ2n) is 6.22. The van der Waals surface area contributed by atoms with Crippen LogP contribution in [0.4, 0.5) is 5.69 Å². The molecule has 0 radical (unpaired) electrons. The molecule has 2 unspecified atom stereocenters. The summed E-state index contributed by atoms with van der Waals surface area (Å²) in [4.78, 5) is 10.9. The molecule has 21 heavy (non-hydrogen) atoms. The zero-order valence-electron chi connectivity index (χ0n) is 12.0. The molecule has 0 amide bonds. The van der Waals surface area contributed by atoms with E-state index in [9.17, 15) is 10.1 Å². The Kier molecular flexibility index (Phi) is 3.69. The van der Waals surface area contributed by atoms with Gasteiger partial charge in [0, 0.05) is 28.4 Å². The van der Waals surface area contributed by atoms with E-state index in [0.717, 1.165) is 24.8 Å². The molecule has 114 valence electrons. The molecule has 1 aromatic carbocycles. The Morgan fingerprint density at radius 2 is 2.10 bits per heavy atom. The molecule has 2 aliphatic rings. The third-order valence-electron chi connectivity index (χ3n) is 5.06. The maximum absolute atomic E-state index is 11.3. The van der Waals surface area contributed by atoms with Gasteiger partial charge < -0.3 is 10.5 Å². The van der Waals surface area contributed by atoms with Gasteiger partial charge in [-0.3, -0.25) is 10.1 Å². The van der Waals surface area contributed by atoms with Crippen LogP contribution in [0, 0.1) is 22.5 Å². The first-order chi connectivity index (χ1) is 9.94. The number of hydrogen-bond donors (Lipinski definition) is 1. The third kappa shape index (κ3) is 2.34. The summed E-state index contributed by atoms with van der Waals surface area (Å²) >= 11 is 3.30. The summed E-state index contributed by atoms with van der Waals surface area (Å²) in [5, 5.41) is 11.3. The van der Waals surface area contributed by atoms with E-state index in [2.05, 4.69) is 15.9 Å². The fourth-order valence-electron chi connectivity index (χ4n) is 3.81. The van der Waals surface area contributed by atoms with Gasteiger partial charge in [0.15, 0.2) is 5.75 Å². The lowest BCUT2D eigenvalue weighted by molar-refractivity contribution is -0.386. The van der Waals surface area contributed by atoms with Crippen molar-refractivity contribution >= 4 is 21.6 Å². The Labute approximate surface area is 132 Å². The fourth-order valence-corrected chi connectivity index (χ4v) is 4.37. The number of benzene rings is 1. The number of aryl methyl sites for hydroxylation is 1. The molecule has 0 heterocycles. The van der Waals surface area contributed by atoms with Crippen LogP contribution in [0.3, 0.4) is 0 Å². The molecule has 2 N–H and O–H groups in total. The summed E-state index contributed by atoms with van der Waals surface area (Å²) < 4.78 is 6.79. The maximum atomic E-state index is 11.3. The highest BCUT2D eigenvalue weighted by atomic mass is 79.9. The molecule has 5 nitrogen and oxygen atoms in total. The lowest BCUT2D eigenvalue weighted by Gasteiger charge is -2.52. The predicted molar refractivity (Wildman–Crippen MR) is 83.4 cm³/mol. The lowest BCUT2D eigenvalue weighted by atomic mass is 9.61. The molecule has 0 aromatic heterocycles. The molecule has 0 aliphatic heterocycles. The number of nitrogens with two attached hydrogens (primary N) is 1. The van der Waals surface area contributed by atoms with Crippen LogP contribution in [0.25, 0.3) is 0 Å². The van der Waals surface area contributed by atoms with Gasteiger partial charge in [-0.15, -0.1) is 0 Å². The minimum Gasteiger partial charge on any atom is -0.483 e. The van der Waals surface area contributed by atoms with E-state index >= 15 is 0 Å². The van der Waals surface area contributed by atoms with Gasteiger partial charge in [-0.2, -0.15) is 0 Å². The van der Waals surface area contributed by atoms with Crippen molar-refractivity contribution in [3.8, 4) is 5.75 Å². The van der Waals surface area contributed by atoms with Crippen LogP contribution in [-0.4, -0.2) is 17.1 Å². The second kappa shape index (κ2) is 5.25. The molecular weight excluding hydrogens is 336 g/mol. The predicted octanol–water partition coefficient (Wildman–Crippen LogP) is 3.70. The van der Waals surface area contributed by atoms with Gasteiger partial charge in [0.25, 0.3) is 0 Å². The highest BCUT2D eigenvalue weighted by molar-refractivity contribution is 9.10. The van der Waals surface area contributed by atoms with Crippen molar-refractivity contribution in [1.82, 2.24) is 0 Å². The Hall–Kier alpha value is -1.14.